The molecule has 0 bridgehead atoms. The van der Waals surface area contributed by atoms with Gasteiger partial charge in [0, 0.05) is 24.4 Å². The van der Waals surface area contributed by atoms with Crippen LogP contribution < -0.4 is 5.32 Å². The first-order valence-corrected chi connectivity index (χ1v) is 6.82. The Labute approximate surface area is 91.2 Å². The van der Waals surface area contributed by atoms with E-state index < -0.39 is 0 Å². The molecule has 0 aromatic rings. The summed E-state index contributed by atoms with van der Waals surface area (Å²) in [6, 6.07) is 0.726. The van der Waals surface area contributed by atoms with E-state index in [2.05, 4.69) is 11.6 Å². The quantitative estimate of drug-likeness (QED) is 0.758. The predicted octanol–water partition coefficient (Wildman–Crippen LogP) is 2.04. The van der Waals surface area contributed by atoms with Crippen LogP contribution in [0.15, 0.2) is 0 Å². The first-order chi connectivity index (χ1) is 6.78. The maximum Gasteiger partial charge on any atom is 0.0601 e. The zero-order chi connectivity index (χ0) is 10.0. The van der Waals surface area contributed by atoms with E-state index >= 15 is 0 Å². The van der Waals surface area contributed by atoms with E-state index in [0.717, 1.165) is 6.04 Å². The summed E-state index contributed by atoms with van der Waals surface area (Å²) in [5, 5.41) is 3.68. The van der Waals surface area contributed by atoms with E-state index in [1.54, 1.807) is 0 Å². The molecule has 14 heavy (non-hydrogen) atoms. The maximum atomic E-state index is 5.27. The van der Waals surface area contributed by atoms with Gasteiger partial charge in [-0.1, -0.05) is 6.42 Å². The Hall–Kier alpha value is 0.270. The van der Waals surface area contributed by atoms with Gasteiger partial charge in [-0.3, -0.25) is 0 Å². The van der Waals surface area contributed by atoms with Crippen LogP contribution in [0.5, 0.6) is 0 Å². The van der Waals surface area contributed by atoms with Gasteiger partial charge in [-0.25, -0.2) is 0 Å². The molecule has 0 aromatic carbocycles. The molecule has 0 heterocycles. The Balaban J connectivity index is 1.63. The Bertz CT molecular complexity index is 182. The molecule has 2 nitrogen and oxygen atoms in total. The molecule has 0 aromatic heterocycles. The van der Waals surface area contributed by atoms with E-state index in [4.69, 9.17) is 4.74 Å². The molecular formula is C11H21NOS. The van der Waals surface area contributed by atoms with Crippen molar-refractivity contribution in [3.05, 3.63) is 0 Å². The molecule has 0 aliphatic heterocycles. The largest absolute Gasteiger partial charge is 0.381 e. The molecule has 0 atom stereocenters. The number of ether oxygens (including phenoxy) is 1. The van der Waals surface area contributed by atoms with Gasteiger partial charge < -0.3 is 10.1 Å². The number of thioether (sulfide) groups is 1. The molecular weight excluding hydrogens is 194 g/mol. The number of nitrogens with one attached hydrogen (secondary N) is 1. The zero-order valence-electron chi connectivity index (χ0n) is 9.21. The van der Waals surface area contributed by atoms with Gasteiger partial charge in [0.15, 0.2) is 0 Å². The number of hydrogen-bond acceptors (Lipinski definition) is 3. The van der Waals surface area contributed by atoms with Crippen LogP contribution in [0.3, 0.4) is 0 Å². The monoisotopic (exact) mass is 215 g/mol. The molecule has 2 rings (SSSR count). The van der Waals surface area contributed by atoms with E-state index in [0.29, 0.717) is 10.9 Å². The van der Waals surface area contributed by atoms with Gasteiger partial charge in [-0.15, -0.1) is 0 Å². The van der Waals surface area contributed by atoms with Crippen molar-refractivity contribution in [2.24, 2.45) is 0 Å². The SMILES string of the molecule is COC1CC(NCC2(SC)CCC2)C1. The fourth-order valence-corrected chi connectivity index (χ4v) is 3.20. The molecule has 3 heteroatoms. The highest BCUT2D eigenvalue weighted by atomic mass is 32.2. The van der Waals surface area contributed by atoms with Crippen LogP contribution in [-0.4, -0.2) is 36.8 Å². The van der Waals surface area contributed by atoms with Gasteiger partial charge in [0.2, 0.25) is 0 Å². The third kappa shape index (κ3) is 2.10. The molecule has 0 saturated heterocycles. The summed E-state index contributed by atoms with van der Waals surface area (Å²) in [5.74, 6) is 0. The van der Waals surface area contributed by atoms with Gasteiger partial charge in [-0.2, -0.15) is 11.8 Å². The Morgan fingerprint density at radius 2 is 2.14 bits per heavy atom. The van der Waals surface area contributed by atoms with Crippen LogP contribution in [0.4, 0.5) is 0 Å². The lowest BCUT2D eigenvalue weighted by atomic mass is 9.82. The van der Waals surface area contributed by atoms with Gasteiger partial charge in [-0.05, 0) is 31.9 Å². The minimum Gasteiger partial charge on any atom is -0.381 e. The lowest BCUT2D eigenvalue weighted by Gasteiger charge is -2.43. The first-order valence-electron chi connectivity index (χ1n) is 5.59. The average molecular weight is 215 g/mol. The second kappa shape index (κ2) is 4.42. The normalized spacial score (nSPS) is 34.7. The number of rotatable bonds is 5. The average Bonchev–Trinajstić information content (AvgIpc) is 2.06. The van der Waals surface area contributed by atoms with Crippen LogP contribution in [0.1, 0.15) is 32.1 Å². The van der Waals surface area contributed by atoms with Crippen molar-refractivity contribution >= 4 is 11.8 Å². The standard InChI is InChI=1S/C11H21NOS/c1-13-10-6-9(7-10)12-8-11(14-2)4-3-5-11/h9-10,12H,3-8H2,1-2H3. The van der Waals surface area contributed by atoms with Crippen molar-refractivity contribution < 1.29 is 4.74 Å². The summed E-state index contributed by atoms with van der Waals surface area (Å²) < 4.78 is 5.85. The third-order valence-electron chi connectivity index (χ3n) is 3.84. The van der Waals surface area contributed by atoms with E-state index in [1.165, 1.54) is 38.6 Å². The van der Waals surface area contributed by atoms with Crippen LogP contribution >= 0.6 is 11.8 Å². The van der Waals surface area contributed by atoms with Crippen molar-refractivity contribution in [3.63, 3.8) is 0 Å². The van der Waals surface area contributed by atoms with Gasteiger partial charge >= 0.3 is 0 Å². The molecule has 82 valence electrons. The second-order valence-electron chi connectivity index (χ2n) is 4.65. The van der Waals surface area contributed by atoms with E-state index in [9.17, 15) is 0 Å². The Kier molecular flexibility index (Phi) is 3.40. The predicted molar refractivity (Wildman–Crippen MR) is 61.9 cm³/mol. The third-order valence-corrected chi connectivity index (χ3v) is 5.26. The van der Waals surface area contributed by atoms with Crippen LogP contribution in [-0.2, 0) is 4.74 Å². The summed E-state index contributed by atoms with van der Waals surface area (Å²) >= 11 is 2.05. The van der Waals surface area contributed by atoms with Gasteiger partial charge in [0.25, 0.3) is 0 Å². The molecule has 0 radical (unpaired) electrons. The lowest BCUT2D eigenvalue weighted by Crippen LogP contribution is -2.52. The highest BCUT2D eigenvalue weighted by Crippen LogP contribution is 2.42. The summed E-state index contributed by atoms with van der Waals surface area (Å²) in [7, 11) is 1.82. The molecule has 2 fully saturated rings. The van der Waals surface area contributed by atoms with Crippen LogP contribution in [0.25, 0.3) is 0 Å². The van der Waals surface area contributed by atoms with E-state index in [1.807, 2.05) is 18.9 Å². The molecule has 0 spiro atoms. The van der Waals surface area contributed by atoms with Crippen molar-refractivity contribution in [2.75, 3.05) is 19.9 Å². The topological polar surface area (TPSA) is 21.3 Å². The highest BCUT2D eigenvalue weighted by Gasteiger charge is 2.37. The molecule has 2 aliphatic rings. The van der Waals surface area contributed by atoms with Crippen LogP contribution in [0.2, 0.25) is 0 Å². The smallest absolute Gasteiger partial charge is 0.0601 e. The minimum absolute atomic E-state index is 0.527. The number of hydrogen-bond donors (Lipinski definition) is 1. The molecule has 0 amide bonds. The van der Waals surface area contributed by atoms with Gasteiger partial charge in [0.05, 0.1) is 6.10 Å². The van der Waals surface area contributed by atoms with Crippen LogP contribution in [0, 0.1) is 0 Å². The van der Waals surface area contributed by atoms with Crippen molar-refractivity contribution in [1.29, 1.82) is 0 Å². The lowest BCUT2D eigenvalue weighted by molar-refractivity contribution is 0.0161. The first kappa shape index (κ1) is 10.8. The maximum absolute atomic E-state index is 5.27. The van der Waals surface area contributed by atoms with Crippen molar-refractivity contribution in [1.82, 2.24) is 5.32 Å². The van der Waals surface area contributed by atoms with Gasteiger partial charge in [0.1, 0.15) is 0 Å². The van der Waals surface area contributed by atoms with Crippen molar-refractivity contribution in [2.45, 2.75) is 49.0 Å². The minimum atomic E-state index is 0.527. The zero-order valence-corrected chi connectivity index (χ0v) is 10.0. The fourth-order valence-electron chi connectivity index (χ4n) is 2.28. The molecule has 0 unspecified atom stereocenters. The Morgan fingerprint density at radius 1 is 1.43 bits per heavy atom. The summed E-state index contributed by atoms with van der Waals surface area (Å²) in [6.45, 7) is 1.20. The second-order valence-corrected chi connectivity index (χ2v) is 5.92. The molecule has 2 saturated carbocycles. The summed E-state index contributed by atoms with van der Waals surface area (Å²) in [5.41, 5.74) is 0. The Morgan fingerprint density at radius 3 is 2.57 bits per heavy atom. The van der Waals surface area contributed by atoms with E-state index in [-0.39, 0.29) is 0 Å². The summed E-state index contributed by atoms with van der Waals surface area (Å²) in [4.78, 5) is 0. The molecule has 2 aliphatic carbocycles. The molecule has 1 N–H and O–H groups in total. The summed E-state index contributed by atoms with van der Waals surface area (Å²) in [6.07, 6.45) is 9.43. The van der Waals surface area contributed by atoms with Crippen molar-refractivity contribution in [3.8, 4) is 0 Å². The highest BCUT2D eigenvalue weighted by molar-refractivity contribution is 8.00. The number of methoxy groups -OCH3 is 1. The fraction of sp³-hybridized carbons (Fsp3) is 1.00.